The molecule has 0 saturated heterocycles. The Balaban J connectivity index is 1.65. The molecule has 0 spiro atoms. The lowest BCUT2D eigenvalue weighted by Gasteiger charge is -2.27. The van der Waals surface area contributed by atoms with Gasteiger partial charge in [-0.15, -0.1) is 0 Å². The van der Waals surface area contributed by atoms with Crippen LogP contribution in [0.25, 0.3) is 11.1 Å². The lowest BCUT2D eigenvalue weighted by molar-refractivity contribution is -0.157. The van der Waals surface area contributed by atoms with Gasteiger partial charge in [0.25, 0.3) is 0 Å². The zero-order chi connectivity index (χ0) is 31.9. The van der Waals surface area contributed by atoms with Crippen molar-refractivity contribution in [3.05, 3.63) is 59.7 Å². The third-order valence-electron chi connectivity index (χ3n) is 6.49. The molecule has 0 aliphatic heterocycles. The Bertz CT molecular complexity index is 1260. The van der Waals surface area contributed by atoms with Gasteiger partial charge in [0.15, 0.2) is 0 Å². The number of hydrogen-bond donors (Lipinski definition) is 3. The SMILES string of the molecule is CC(C)CC(NC(=O)NC(CNC(=O)OCC1c2ccccc2-c2ccccc21)C(=O)OC(C)(C)C)C(=O)OC(C)(C)C. The van der Waals surface area contributed by atoms with Crippen molar-refractivity contribution >= 4 is 24.1 Å². The molecule has 2 atom stereocenters. The molecule has 43 heavy (non-hydrogen) atoms. The minimum Gasteiger partial charge on any atom is -0.458 e. The summed E-state index contributed by atoms with van der Waals surface area (Å²) in [5, 5.41) is 7.72. The molecule has 10 heteroatoms. The van der Waals surface area contributed by atoms with Crippen molar-refractivity contribution in [2.24, 2.45) is 5.92 Å². The minimum atomic E-state index is -1.25. The topological polar surface area (TPSA) is 132 Å². The number of hydrogen-bond acceptors (Lipinski definition) is 7. The number of rotatable bonds is 10. The van der Waals surface area contributed by atoms with Gasteiger partial charge in [0, 0.05) is 5.92 Å². The summed E-state index contributed by atoms with van der Waals surface area (Å²) in [5.74, 6) is -1.38. The highest BCUT2D eigenvalue weighted by atomic mass is 16.6. The number of carbonyl (C=O) groups is 4. The van der Waals surface area contributed by atoms with Gasteiger partial charge in [-0.3, -0.25) is 0 Å². The largest absolute Gasteiger partial charge is 0.458 e. The highest BCUT2D eigenvalue weighted by molar-refractivity contribution is 5.88. The first kappa shape index (κ1) is 33.4. The van der Waals surface area contributed by atoms with Gasteiger partial charge in [0.1, 0.15) is 29.9 Å². The van der Waals surface area contributed by atoms with Crippen molar-refractivity contribution in [3.63, 3.8) is 0 Å². The van der Waals surface area contributed by atoms with E-state index in [0.717, 1.165) is 22.3 Å². The Kier molecular flexibility index (Phi) is 10.8. The molecule has 10 nitrogen and oxygen atoms in total. The molecule has 3 amide bonds. The van der Waals surface area contributed by atoms with Gasteiger partial charge in [-0.25, -0.2) is 19.2 Å². The van der Waals surface area contributed by atoms with E-state index < -0.39 is 47.3 Å². The van der Waals surface area contributed by atoms with Crippen molar-refractivity contribution in [1.29, 1.82) is 0 Å². The molecule has 0 fully saturated rings. The third kappa shape index (κ3) is 10.0. The number of urea groups is 1. The van der Waals surface area contributed by atoms with E-state index in [2.05, 4.69) is 16.0 Å². The van der Waals surface area contributed by atoms with E-state index >= 15 is 0 Å². The quantitative estimate of drug-likeness (QED) is 0.251. The zero-order valence-electron chi connectivity index (χ0n) is 26.4. The lowest BCUT2D eigenvalue weighted by Crippen LogP contribution is -2.56. The molecular formula is C33H45N3O7. The fourth-order valence-corrected chi connectivity index (χ4v) is 4.82. The van der Waals surface area contributed by atoms with Gasteiger partial charge in [-0.2, -0.15) is 0 Å². The first-order valence-electron chi connectivity index (χ1n) is 14.7. The van der Waals surface area contributed by atoms with Crippen LogP contribution < -0.4 is 16.0 Å². The molecule has 3 rings (SSSR count). The van der Waals surface area contributed by atoms with E-state index in [4.69, 9.17) is 14.2 Å². The Morgan fingerprint density at radius 3 is 1.70 bits per heavy atom. The van der Waals surface area contributed by atoms with Gasteiger partial charge in [-0.1, -0.05) is 62.4 Å². The summed E-state index contributed by atoms with van der Waals surface area (Å²) in [5.41, 5.74) is 2.78. The summed E-state index contributed by atoms with van der Waals surface area (Å²) in [6, 6.07) is 13.0. The van der Waals surface area contributed by atoms with Gasteiger partial charge in [0.2, 0.25) is 0 Å². The molecule has 0 radical (unpaired) electrons. The second-order valence-electron chi connectivity index (χ2n) is 13.1. The summed E-state index contributed by atoms with van der Waals surface area (Å²) >= 11 is 0. The van der Waals surface area contributed by atoms with Crippen molar-refractivity contribution in [1.82, 2.24) is 16.0 Å². The van der Waals surface area contributed by atoms with Crippen LogP contribution in [0.1, 0.15) is 78.9 Å². The van der Waals surface area contributed by atoms with Gasteiger partial charge < -0.3 is 30.2 Å². The fourth-order valence-electron chi connectivity index (χ4n) is 4.82. The number of fused-ring (bicyclic) bond motifs is 3. The molecule has 2 aromatic rings. The second-order valence-corrected chi connectivity index (χ2v) is 13.1. The van der Waals surface area contributed by atoms with Crippen LogP contribution in [0.2, 0.25) is 0 Å². The molecular weight excluding hydrogens is 550 g/mol. The fraction of sp³-hybridized carbons (Fsp3) is 0.515. The van der Waals surface area contributed by atoms with Crippen molar-refractivity contribution in [2.45, 2.75) is 91.0 Å². The maximum absolute atomic E-state index is 13.0. The van der Waals surface area contributed by atoms with Crippen LogP contribution in [0.3, 0.4) is 0 Å². The summed E-state index contributed by atoms with van der Waals surface area (Å²) in [7, 11) is 0. The smallest absolute Gasteiger partial charge is 0.407 e. The average Bonchev–Trinajstić information content (AvgIpc) is 3.21. The Morgan fingerprint density at radius 1 is 0.744 bits per heavy atom. The van der Waals surface area contributed by atoms with Crippen LogP contribution in [0, 0.1) is 5.92 Å². The van der Waals surface area contributed by atoms with E-state index in [9.17, 15) is 19.2 Å². The summed E-state index contributed by atoms with van der Waals surface area (Å²) in [6.45, 7) is 13.9. The Morgan fingerprint density at radius 2 is 1.21 bits per heavy atom. The van der Waals surface area contributed by atoms with Crippen LogP contribution in [0.5, 0.6) is 0 Å². The van der Waals surface area contributed by atoms with Crippen LogP contribution >= 0.6 is 0 Å². The maximum atomic E-state index is 13.0. The van der Waals surface area contributed by atoms with Crippen molar-refractivity contribution < 1.29 is 33.4 Å². The molecule has 0 bridgehead atoms. The predicted molar refractivity (Wildman–Crippen MR) is 163 cm³/mol. The third-order valence-corrected chi connectivity index (χ3v) is 6.49. The molecule has 2 aromatic carbocycles. The Labute approximate surface area is 254 Å². The highest BCUT2D eigenvalue weighted by Gasteiger charge is 2.32. The summed E-state index contributed by atoms with van der Waals surface area (Å²) in [4.78, 5) is 51.5. The highest BCUT2D eigenvalue weighted by Crippen LogP contribution is 2.44. The molecule has 1 aliphatic rings. The van der Waals surface area contributed by atoms with E-state index in [0.29, 0.717) is 6.42 Å². The summed E-state index contributed by atoms with van der Waals surface area (Å²) in [6.07, 6.45) is -0.415. The number of benzene rings is 2. The molecule has 0 aromatic heterocycles. The lowest BCUT2D eigenvalue weighted by atomic mass is 9.98. The first-order valence-corrected chi connectivity index (χ1v) is 14.7. The summed E-state index contributed by atoms with van der Waals surface area (Å²) < 4.78 is 16.5. The average molecular weight is 596 g/mol. The van der Waals surface area contributed by atoms with E-state index in [1.807, 2.05) is 62.4 Å². The molecule has 0 heterocycles. The van der Waals surface area contributed by atoms with Crippen molar-refractivity contribution in [3.8, 4) is 11.1 Å². The van der Waals surface area contributed by atoms with Crippen molar-refractivity contribution in [2.75, 3.05) is 13.2 Å². The normalized spacial score (nSPS) is 14.2. The van der Waals surface area contributed by atoms with Crippen LogP contribution in [0.15, 0.2) is 48.5 Å². The van der Waals surface area contributed by atoms with Gasteiger partial charge in [0.05, 0.1) is 6.54 Å². The standard InChI is InChI=1S/C33H45N3O7/c1-20(2)17-26(28(37)42-32(3,4)5)35-30(39)36-27(29(38)43-33(6,7)8)18-34-31(40)41-19-25-23-15-11-9-13-21(23)22-14-10-12-16-24(22)25/h9-16,20,25-27H,17-19H2,1-8H3,(H,34,40)(H2,35,36,39). The Hall–Kier alpha value is -4.08. The van der Waals surface area contributed by atoms with E-state index in [-0.39, 0.29) is 25.0 Å². The number of amides is 3. The minimum absolute atomic E-state index is 0.0784. The maximum Gasteiger partial charge on any atom is 0.407 e. The predicted octanol–water partition coefficient (Wildman–Crippen LogP) is 5.29. The number of ether oxygens (including phenoxy) is 3. The van der Waals surface area contributed by atoms with Crippen LogP contribution in [-0.4, -0.2) is 60.5 Å². The molecule has 1 aliphatic carbocycles. The second kappa shape index (κ2) is 13.9. The molecule has 0 saturated carbocycles. The van der Waals surface area contributed by atoms with Crippen LogP contribution in [-0.2, 0) is 23.8 Å². The molecule has 2 unspecified atom stereocenters. The number of nitrogens with one attached hydrogen (secondary N) is 3. The zero-order valence-corrected chi connectivity index (χ0v) is 26.4. The number of alkyl carbamates (subject to hydrolysis) is 1. The monoisotopic (exact) mass is 595 g/mol. The van der Waals surface area contributed by atoms with E-state index in [1.54, 1.807) is 41.5 Å². The van der Waals surface area contributed by atoms with Gasteiger partial charge in [-0.05, 0) is 76.1 Å². The van der Waals surface area contributed by atoms with Gasteiger partial charge >= 0.3 is 24.1 Å². The number of carbonyl (C=O) groups excluding carboxylic acids is 4. The molecule has 3 N–H and O–H groups in total. The molecule has 234 valence electrons. The number of esters is 2. The van der Waals surface area contributed by atoms with Crippen LogP contribution in [0.4, 0.5) is 9.59 Å². The van der Waals surface area contributed by atoms with E-state index in [1.165, 1.54) is 0 Å². The first-order chi connectivity index (χ1) is 20.0.